The molecule has 1 aromatic carbocycles. The maximum atomic E-state index is 13.4. The molecule has 0 bridgehead atoms. The van der Waals surface area contributed by atoms with Crippen molar-refractivity contribution in [3.63, 3.8) is 0 Å². The van der Waals surface area contributed by atoms with E-state index in [1.165, 1.54) is 22.5 Å². The molecular formula is C17H24FNO4S. The molecule has 1 spiro atoms. The summed E-state index contributed by atoms with van der Waals surface area (Å²) >= 11 is 0. The first-order valence-corrected chi connectivity index (χ1v) is 9.80. The van der Waals surface area contributed by atoms with Crippen LogP contribution in [-0.2, 0) is 19.5 Å². The molecule has 2 heterocycles. The van der Waals surface area contributed by atoms with Crippen LogP contribution in [0.3, 0.4) is 0 Å². The Bertz CT molecular complexity index is 671. The zero-order chi connectivity index (χ0) is 17.2. The summed E-state index contributed by atoms with van der Waals surface area (Å²) in [5, 5.41) is 0. The van der Waals surface area contributed by atoms with Crippen molar-refractivity contribution in [3.05, 3.63) is 30.1 Å². The highest BCUT2D eigenvalue weighted by atomic mass is 32.2. The van der Waals surface area contributed by atoms with Crippen LogP contribution < -0.4 is 0 Å². The largest absolute Gasteiger partial charge is 0.385 e. The SMILES string of the molecule is COCC[C@@H]1CCOC12CCN(S(=O)(=O)c1cccc(F)c1)CC2. The molecule has 2 fully saturated rings. The van der Waals surface area contributed by atoms with Gasteiger partial charge in [-0.3, -0.25) is 0 Å². The van der Waals surface area contributed by atoms with Gasteiger partial charge in [-0.2, -0.15) is 4.31 Å². The number of ether oxygens (including phenoxy) is 2. The minimum absolute atomic E-state index is 0.0155. The van der Waals surface area contributed by atoms with Crippen molar-refractivity contribution in [2.75, 3.05) is 33.4 Å². The molecule has 1 aromatic rings. The summed E-state index contributed by atoms with van der Waals surface area (Å²) in [4.78, 5) is 0.0155. The van der Waals surface area contributed by atoms with Gasteiger partial charge in [-0.15, -0.1) is 0 Å². The summed E-state index contributed by atoms with van der Waals surface area (Å²) in [6.45, 7) is 2.23. The van der Waals surface area contributed by atoms with Crippen molar-refractivity contribution in [3.8, 4) is 0 Å². The van der Waals surface area contributed by atoms with Crippen LogP contribution in [0, 0.1) is 11.7 Å². The number of sulfonamides is 1. The third-order valence-electron chi connectivity index (χ3n) is 5.27. The highest BCUT2D eigenvalue weighted by molar-refractivity contribution is 7.89. The molecule has 0 aliphatic carbocycles. The minimum Gasteiger partial charge on any atom is -0.385 e. The van der Waals surface area contributed by atoms with Gasteiger partial charge in [0.05, 0.1) is 10.5 Å². The van der Waals surface area contributed by atoms with Crippen molar-refractivity contribution < 1.29 is 22.3 Å². The Morgan fingerprint density at radius 2 is 2.12 bits per heavy atom. The summed E-state index contributed by atoms with van der Waals surface area (Å²) in [6.07, 6.45) is 3.29. The average Bonchev–Trinajstić information content (AvgIpc) is 2.95. The molecule has 2 saturated heterocycles. The Morgan fingerprint density at radius 3 is 2.79 bits per heavy atom. The van der Waals surface area contributed by atoms with Crippen LogP contribution in [0.2, 0.25) is 0 Å². The van der Waals surface area contributed by atoms with Gasteiger partial charge in [0.2, 0.25) is 10.0 Å². The van der Waals surface area contributed by atoms with E-state index in [9.17, 15) is 12.8 Å². The number of hydrogen-bond donors (Lipinski definition) is 0. The second-order valence-electron chi connectivity index (χ2n) is 6.54. The van der Waals surface area contributed by atoms with E-state index in [-0.39, 0.29) is 10.5 Å². The topological polar surface area (TPSA) is 55.8 Å². The molecule has 7 heteroatoms. The fourth-order valence-corrected chi connectivity index (χ4v) is 5.36. The quantitative estimate of drug-likeness (QED) is 0.812. The van der Waals surface area contributed by atoms with Gasteiger partial charge >= 0.3 is 0 Å². The summed E-state index contributed by atoms with van der Waals surface area (Å²) in [5.41, 5.74) is -0.230. The Morgan fingerprint density at radius 1 is 1.38 bits per heavy atom. The lowest BCUT2D eigenvalue weighted by Crippen LogP contribution is -2.49. The third-order valence-corrected chi connectivity index (χ3v) is 7.17. The molecule has 24 heavy (non-hydrogen) atoms. The molecule has 3 rings (SSSR count). The highest BCUT2D eigenvalue weighted by Crippen LogP contribution is 2.43. The monoisotopic (exact) mass is 357 g/mol. The van der Waals surface area contributed by atoms with Crippen LogP contribution in [0.4, 0.5) is 4.39 Å². The predicted molar refractivity (Wildman–Crippen MR) is 87.7 cm³/mol. The first-order valence-electron chi connectivity index (χ1n) is 8.36. The van der Waals surface area contributed by atoms with E-state index < -0.39 is 15.8 Å². The molecule has 1 atom stereocenters. The van der Waals surface area contributed by atoms with E-state index in [0.717, 1.165) is 25.5 Å². The molecule has 134 valence electrons. The summed E-state index contributed by atoms with van der Waals surface area (Å²) in [5.74, 6) is -0.125. The molecule has 0 unspecified atom stereocenters. The van der Waals surface area contributed by atoms with E-state index >= 15 is 0 Å². The van der Waals surface area contributed by atoms with E-state index in [1.54, 1.807) is 7.11 Å². The number of methoxy groups -OCH3 is 1. The maximum absolute atomic E-state index is 13.4. The van der Waals surface area contributed by atoms with Crippen LogP contribution in [0.1, 0.15) is 25.7 Å². The lowest BCUT2D eigenvalue weighted by molar-refractivity contribution is -0.0603. The summed E-state index contributed by atoms with van der Waals surface area (Å²) in [7, 11) is -1.96. The lowest BCUT2D eigenvalue weighted by atomic mass is 9.78. The number of nitrogens with zero attached hydrogens (tertiary/aromatic N) is 1. The van der Waals surface area contributed by atoms with Gasteiger partial charge in [-0.25, -0.2) is 12.8 Å². The Balaban J connectivity index is 1.70. The molecule has 2 aliphatic rings. The van der Waals surface area contributed by atoms with Crippen molar-refractivity contribution in [1.82, 2.24) is 4.31 Å². The van der Waals surface area contributed by atoms with Gasteiger partial charge in [0.15, 0.2) is 0 Å². The Labute approximate surface area is 142 Å². The van der Waals surface area contributed by atoms with E-state index in [0.29, 0.717) is 38.5 Å². The molecule has 0 amide bonds. The number of piperidine rings is 1. The van der Waals surface area contributed by atoms with Crippen LogP contribution in [0.25, 0.3) is 0 Å². The first-order chi connectivity index (χ1) is 11.5. The normalized spacial score (nSPS) is 24.5. The van der Waals surface area contributed by atoms with Gasteiger partial charge in [-0.05, 0) is 49.8 Å². The fourth-order valence-electron chi connectivity index (χ4n) is 3.89. The predicted octanol–water partition coefficient (Wildman–Crippen LogP) is 2.42. The molecule has 0 radical (unpaired) electrons. The number of rotatable bonds is 5. The Kier molecular flexibility index (Phi) is 5.24. The molecule has 2 aliphatic heterocycles. The smallest absolute Gasteiger partial charge is 0.243 e. The van der Waals surface area contributed by atoms with Gasteiger partial charge in [0, 0.05) is 33.4 Å². The van der Waals surface area contributed by atoms with E-state index in [1.807, 2.05) is 0 Å². The molecular weight excluding hydrogens is 333 g/mol. The molecule has 0 aromatic heterocycles. The second-order valence-corrected chi connectivity index (χ2v) is 8.48. The average molecular weight is 357 g/mol. The number of hydrogen-bond acceptors (Lipinski definition) is 4. The standard InChI is InChI=1S/C17H24FNO4S/c1-22-11-5-14-6-12-23-17(14)7-9-19(10-8-17)24(20,21)16-4-2-3-15(18)13-16/h2-4,13-14H,5-12H2,1H3/t14-/m1/s1. The Hall–Kier alpha value is -1.02. The van der Waals surface area contributed by atoms with Crippen molar-refractivity contribution in [2.45, 2.75) is 36.2 Å². The third kappa shape index (κ3) is 3.35. The van der Waals surface area contributed by atoms with Gasteiger partial charge in [0.25, 0.3) is 0 Å². The number of benzene rings is 1. The zero-order valence-electron chi connectivity index (χ0n) is 13.9. The van der Waals surface area contributed by atoms with Crippen molar-refractivity contribution in [1.29, 1.82) is 0 Å². The van der Waals surface area contributed by atoms with Crippen LogP contribution in [-0.4, -0.2) is 51.7 Å². The summed E-state index contributed by atoms with van der Waals surface area (Å²) < 4.78 is 51.4. The lowest BCUT2D eigenvalue weighted by Gasteiger charge is -2.41. The van der Waals surface area contributed by atoms with Crippen molar-refractivity contribution >= 4 is 10.0 Å². The van der Waals surface area contributed by atoms with Gasteiger partial charge in [0.1, 0.15) is 5.82 Å². The fraction of sp³-hybridized carbons (Fsp3) is 0.647. The molecule has 0 saturated carbocycles. The van der Waals surface area contributed by atoms with E-state index in [2.05, 4.69) is 0 Å². The first kappa shape index (κ1) is 17.8. The molecule has 5 nitrogen and oxygen atoms in total. The minimum atomic E-state index is -3.65. The van der Waals surface area contributed by atoms with Crippen LogP contribution in [0.5, 0.6) is 0 Å². The van der Waals surface area contributed by atoms with Gasteiger partial charge in [-0.1, -0.05) is 6.07 Å². The molecule has 0 N–H and O–H groups in total. The highest BCUT2D eigenvalue weighted by Gasteiger charge is 2.47. The van der Waals surface area contributed by atoms with E-state index in [4.69, 9.17) is 9.47 Å². The zero-order valence-corrected chi connectivity index (χ0v) is 14.7. The maximum Gasteiger partial charge on any atom is 0.243 e. The summed E-state index contributed by atoms with van der Waals surface area (Å²) in [6, 6.07) is 5.19. The van der Waals surface area contributed by atoms with Crippen molar-refractivity contribution in [2.24, 2.45) is 5.92 Å². The second kappa shape index (κ2) is 7.07. The van der Waals surface area contributed by atoms with Crippen LogP contribution >= 0.6 is 0 Å². The number of halogens is 1. The van der Waals surface area contributed by atoms with Crippen LogP contribution in [0.15, 0.2) is 29.2 Å². The van der Waals surface area contributed by atoms with Gasteiger partial charge < -0.3 is 9.47 Å².